The van der Waals surface area contributed by atoms with Crippen LogP contribution in [0.25, 0.3) is 0 Å². The predicted molar refractivity (Wildman–Crippen MR) is 66.6 cm³/mol. The second kappa shape index (κ2) is 5.01. The number of hydrogen-bond donors (Lipinski definition) is 2. The van der Waals surface area contributed by atoms with Crippen molar-refractivity contribution in [1.82, 2.24) is 9.97 Å². The number of anilines is 1. The van der Waals surface area contributed by atoms with Crippen molar-refractivity contribution < 1.29 is 5.11 Å². The van der Waals surface area contributed by atoms with E-state index in [4.69, 9.17) is 0 Å². The van der Waals surface area contributed by atoms with Gasteiger partial charge in [0.05, 0.1) is 5.60 Å². The molecule has 2 rings (SSSR count). The average Bonchev–Trinajstić information content (AvgIpc) is 2.33. The molecule has 0 saturated heterocycles. The molecule has 1 aromatic heterocycles. The molecule has 0 radical (unpaired) electrons. The summed E-state index contributed by atoms with van der Waals surface area (Å²) in [5.74, 6) is 1.64. The molecule has 16 heavy (non-hydrogen) atoms. The second-order valence-corrected chi connectivity index (χ2v) is 5.49. The molecule has 1 saturated carbocycles. The zero-order chi connectivity index (χ0) is 11.4. The molecular formula is C11H17N3OS. The highest BCUT2D eigenvalue weighted by atomic mass is 32.2. The number of aliphatic hydroxyl groups is 1. The number of aromatic nitrogens is 2. The quantitative estimate of drug-likeness (QED) is 0.816. The van der Waals surface area contributed by atoms with E-state index in [1.807, 2.05) is 11.8 Å². The molecule has 1 aliphatic rings. The van der Waals surface area contributed by atoms with Gasteiger partial charge in [-0.25, -0.2) is 9.97 Å². The molecule has 0 amide bonds. The molecule has 1 heterocycles. The van der Waals surface area contributed by atoms with Crippen LogP contribution in [0.5, 0.6) is 0 Å². The van der Waals surface area contributed by atoms with E-state index in [0.29, 0.717) is 17.7 Å². The molecule has 0 aromatic carbocycles. The summed E-state index contributed by atoms with van der Waals surface area (Å²) in [6.07, 6.45) is 5.35. The minimum absolute atomic E-state index is 0.355. The van der Waals surface area contributed by atoms with Gasteiger partial charge in [-0.2, -0.15) is 11.8 Å². The normalized spacial score (nSPS) is 28.5. The standard InChI is InChI=1S/C11H17N3OS/c1-2-16-9-4-5-11(9,15)8-14-10-12-6-3-7-13-10/h3,6-7,9,15H,2,4-5,8H2,1H3,(H,12,13,14). The van der Waals surface area contributed by atoms with Crippen molar-refractivity contribution in [1.29, 1.82) is 0 Å². The van der Waals surface area contributed by atoms with Crippen LogP contribution in [0.4, 0.5) is 5.95 Å². The van der Waals surface area contributed by atoms with Gasteiger partial charge in [-0.05, 0) is 24.7 Å². The summed E-state index contributed by atoms with van der Waals surface area (Å²) in [5.41, 5.74) is -0.583. The molecule has 2 N–H and O–H groups in total. The molecular weight excluding hydrogens is 222 g/mol. The lowest BCUT2D eigenvalue weighted by Gasteiger charge is -2.45. The molecule has 4 nitrogen and oxygen atoms in total. The Bertz CT molecular complexity index is 335. The summed E-state index contributed by atoms with van der Waals surface area (Å²) in [6.45, 7) is 2.66. The maximum Gasteiger partial charge on any atom is 0.222 e. The number of nitrogens with one attached hydrogen (secondary N) is 1. The Kier molecular flexibility index (Phi) is 3.66. The third-order valence-electron chi connectivity index (χ3n) is 2.93. The monoisotopic (exact) mass is 239 g/mol. The number of nitrogens with zero attached hydrogens (tertiary/aromatic N) is 2. The van der Waals surface area contributed by atoms with Crippen LogP contribution in [0.15, 0.2) is 18.5 Å². The third-order valence-corrected chi connectivity index (χ3v) is 4.34. The van der Waals surface area contributed by atoms with Gasteiger partial charge >= 0.3 is 0 Å². The maximum absolute atomic E-state index is 10.3. The Labute approximate surface area is 99.9 Å². The number of rotatable bonds is 5. The minimum Gasteiger partial charge on any atom is -0.387 e. The van der Waals surface area contributed by atoms with Crippen molar-refractivity contribution in [2.45, 2.75) is 30.6 Å². The van der Waals surface area contributed by atoms with Gasteiger partial charge in [-0.3, -0.25) is 0 Å². The van der Waals surface area contributed by atoms with Gasteiger partial charge in [-0.15, -0.1) is 0 Å². The van der Waals surface area contributed by atoms with Gasteiger partial charge in [-0.1, -0.05) is 6.92 Å². The molecule has 1 fully saturated rings. The second-order valence-electron chi connectivity index (χ2n) is 4.01. The largest absolute Gasteiger partial charge is 0.387 e. The van der Waals surface area contributed by atoms with E-state index < -0.39 is 5.60 Å². The van der Waals surface area contributed by atoms with Gasteiger partial charge in [0.25, 0.3) is 0 Å². The summed E-state index contributed by atoms with van der Waals surface area (Å²) in [7, 11) is 0. The fourth-order valence-corrected chi connectivity index (χ4v) is 3.06. The maximum atomic E-state index is 10.3. The van der Waals surface area contributed by atoms with E-state index >= 15 is 0 Å². The Morgan fingerprint density at radius 1 is 1.56 bits per heavy atom. The van der Waals surface area contributed by atoms with Gasteiger partial charge in [0.1, 0.15) is 0 Å². The Balaban J connectivity index is 1.86. The van der Waals surface area contributed by atoms with Crippen LogP contribution < -0.4 is 5.32 Å². The van der Waals surface area contributed by atoms with Crippen molar-refractivity contribution >= 4 is 17.7 Å². The Morgan fingerprint density at radius 2 is 2.31 bits per heavy atom. The van der Waals surface area contributed by atoms with Crippen LogP contribution in [-0.2, 0) is 0 Å². The smallest absolute Gasteiger partial charge is 0.222 e. The SMILES string of the molecule is CCSC1CCC1(O)CNc1ncccn1. The van der Waals surface area contributed by atoms with E-state index in [1.165, 1.54) is 0 Å². The van der Waals surface area contributed by atoms with Gasteiger partial charge < -0.3 is 10.4 Å². The fraction of sp³-hybridized carbons (Fsp3) is 0.636. The van der Waals surface area contributed by atoms with Crippen LogP contribution in [0.1, 0.15) is 19.8 Å². The first kappa shape index (κ1) is 11.7. The Morgan fingerprint density at radius 3 is 2.88 bits per heavy atom. The van der Waals surface area contributed by atoms with E-state index in [9.17, 15) is 5.11 Å². The number of thioether (sulfide) groups is 1. The predicted octanol–water partition coefficient (Wildman–Crippen LogP) is 1.54. The van der Waals surface area contributed by atoms with Crippen LogP contribution in [0, 0.1) is 0 Å². The van der Waals surface area contributed by atoms with Crippen LogP contribution >= 0.6 is 11.8 Å². The van der Waals surface area contributed by atoms with Crippen LogP contribution in [0.2, 0.25) is 0 Å². The van der Waals surface area contributed by atoms with Crippen LogP contribution in [-0.4, -0.2) is 38.2 Å². The van der Waals surface area contributed by atoms with Crippen molar-refractivity contribution in [3.63, 3.8) is 0 Å². The average molecular weight is 239 g/mol. The first-order valence-electron chi connectivity index (χ1n) is 5.59. The first-order valence-corrected chi connectivity index (χ1v) is 6.64. The molecule has 5 heteroatoms. The highest BCUT2D eigenvalue weighted by Gasteiger charge is 2.45. The van der Waals surface area contributed by atoms with E-state index in [0.717, 1.165) is 18.6 Å². The highest BCUT2D eigenvalue weighted by molar-refractivity contribution is 8.00. The molecule has 1 aliphatic carbocycles. The Hall–Kier alpha value is -0.810. The highest BCUT2D eigenvalue weighted by Crippen LogP contribution is 2.40. The topological polar surface area (TPSA) is 58.0 Å². The first-order chi connectivity index (χ1) is 7.74. The summed E-state index contributed by atoms with van der Waals surface area (Å²) in [5, 5.41) is 13.8. The minimum atomic E-state index is -0.583. The molecule has 2 unspecified atom stereocenters. The van der Waals surface area contributed by atoms with Gasteiger partial charge in [0.15, 0.2) is 0 Å². The molecule has 0 aliphatic heterocycles. The van der Waals surface area contributed by atoms with Crippen LogP contribution in [0.3, 0.4) is 0 Å². The molecule has 0 spiro atoms. The lowest BCUT2D eigenvalue weighted by molar-refractivity contribution is -0.0121. The van der Waals surface area contributed by atoms with Gasteiger partial charge in [0, 0.05) is 24.2 Å². The van der Waals surface area contributed by atoms with E-state index in [-0.39, 0.29) is 0 Å². The summed E-state index contributed by atoms with van der Waals surface area (Å²) < 4.78 is 0. The summed E-state index contributed by atoms with van der Waals surface area (Å²) in [4.78, 5) is 8.14. The van der Waals surface area contributed by atoms with Crippen molar-refractivity contribution in [3.8, 4) is 0 Å². The molecule has 0 bridgehead atoms. The molecule has 88 valence electrons. The van der Waals surface area contributed by atoms with E-state index in [1.54, 1.807) is 18.5 Å². The van der Waals surface area contributed by atoms with Gasteiger partial charge in [0.2, 0.25) is 5.95 Å². The zero-order valence-corrected chi connectivity index (χ0v) is 10.2. The van der Waals surface area contributed by atoms with Crippen molar-refractivity contribution in [2.24, 2.45) is 0 Å². The van der Waals surface area contributed by atoms with Crippen molar-refractivity contribution in [3.05, 3.63) is 18.5 Å². The van der Waals surface area contributed by atoms with Crippen molar-refractivity contribution in [2.75, 3.05) is 17.6 Å². The number of hydrogen-bond acceptors (Lipinski definition) is 5. The summed E-state index contributed by atoms with van der Waals surface area (Å²) in [6, 6.07) is 1.78. The van der Waals surface area contributed by atoms with E-state index in [2.05, 4.69) is 22.2 Å². The molecule has 2 atom stereocenters. The zero-order valence-electron chi connectivity index (χ0n) is 9.39. The lowest BCUT2D eigenvalue weighted by Crippen LogP contribution is -2.54. The molecule has 1 aromatic rings. The lowest BCUT2D eigenvalue weighted by atomic mass is 9.79. The third kappa shape index (κ3) is 2.47. The fourth-order valence-electron chi connectivity index (χ4n) is 1.86. The summed E-state index contributed by atoms with van der Waals surface area (Å²) >= 11 is 1.83.